The van der Waals surface area contributed by atoms with Crippen molar-refractivity contribution in [3.05, 3.63) is 35.9 Å². The fourth-order valence-corrected chi connectivity index (χ4v) is 1.37. The maximum atomic E-state index is 8.84. The number of hydrogen-bond donors (Lipinski definition) is 1. The van der Waals surface area contributed by atoms with Gasteiger partial charge in [0, 0.05) is 46.9 Å². The molecular weight excluding hydrogens is 464 g/mol. The van der Waals surface area contributed by atoms with Crippen LogP contribution in [0.3, 0.4) is 0 Å². The molecule has 1 radical (unpaired) electrons. The fraction of sp³-hybridized carbons (Fsp3) is 0.286. The topological polar surface area (TPSA) is 60.5 Å². The molecule has 119 valence electrons. The van der Waals surface area contributed by atoms with Crippen molar-refractivity contribution in [1.29, 1.82) is 0 Å². The molecule has 21 heavy (non-hydrogen) atoms. The van der Waals surface area contributed by atoms with Gasteiger partial charge in [-0.2, -0.15) is 6.92 Å². The largest absolute Gasteiger partial charge is 2.00 e. The summed E-state index contributed by atoms with van der Waals surface area (Å²) >= 11 is 0. The number of aliphatic imine (C=N–C) groups is 2. The van der Waals surface area contributed by atoms with Crippen LogP contribution >= 0.6 is 0 Å². The summed E-state index contributed by atoms with van der Waals surface area (Å²) in [6.45, 7) is 3.58. The van der Waals surface area contributed by atoms with E-state index in [1.807, 2.05) is 38.2 Å². The molecule has 0 saturated carbocycles. The molecule has 1 rings (SSSR count). The summed E-state index contributed by atoms with van der Waals surface area (Å²) in [6, 6.07) is 8.20. The molecule has 0 fully saturated rings. The van der Waals surface area contributed by atoms with E-state index in [2.05, 4.69) is 27.7 Å². The summed E-state index contributed by atoms with van der Waals surface area (Å²) < 4.78 is 0. The quantitative estimate of drug-likeness (QED) is 0.176. The van der Waals surface area contributed by atoms with Crippen LogP contribution in [0.5, 0.6) is 0 Å². The number of hydrogen-bond acceptors (Lipinski definition) is 4. The van der Waals surface area contributed by atoms with E-state index in [4.69, 9.17) is 5.21 Å². The van der Waals surface area contributed by atoms with Crippen LogP contribution in [0.4, 0.5) is 5.69 Å². The molecule has 1 aromatic carbocycles. The Labute approximate surface area is 176 Å². The predicted molar refractivity (Wildman–Crippen MR) is 77.6 cm³/mol. The van der Waals surface area contributed by atoms with Crippen LogP contribution in [0.2, 0.25) is 0 Å². The summed E-state index contributed by atoms with van der Waals surface area (Å²) in [7, 11) is 3.47. The maximum absolute atomic E-state index is 8.84. The van der Waals surface area contributed by atoms with Gasteiger partial charge in [-0.25, -0.2) is 0 Å². The minimum Gasteiger partial charge on any atom is -0.610 e. The third-order valence-electron chi connectivity index (χ3n) is 2.54. The van der Waals surface area contributed by atoms with Crippen molar-refractivity contribution in [2.45, 2.75) is 13.8 Å². The zero-order chi connectivity index (χ0) is 14.3. The monoisotopic (exact) mass is 482 g/mol. The molecule has 0 saturated heterocycles. The zero-order valence-corrected chi connectivity index (χ0v) is 15.4. The standard InChI is InChI=1S/C14H17N4O.V.Yb/c1-11(9-15-3)18(4)10-16-14-8-6-5-7-13(14)12(2)17-19;;/h5-8,19H,1-4H3;;/q-3;+2;/b17-12+;;. The van der Waals surface area contributed by atoms with Gasteiger partial charge in [0.1, 0.15) is 0 Å². The molecule has 0 aliphatic heterocycles. The molecule has 0 aliphatic carbocycles. The number of benzene rings is 1. The van der Waals surface area contributed by atoms with Crippen molar-refractivity contribution >= 4 is 24.0 Å². The third-order valence-corrected chi connectivity index (χ3v) is 2.54. The minimum absolute atomic E-state index is 0. The molecule has 5 nitrogen and oxygen atoms in total. The Morgan fingerprint density at radius 2 is 1.95 bits per heavy atom. The maximum Gasteiger partial charge on any atom is 2.00 e. The Kier molecular flexibility index (Phi) is 13.6. The van der Waals surface area contributed by atoms with E-state index in [9.17, 15) is 0 Å². The summed E-state index contributed by atoms with van der Waals surface area (Å²) in [5.74, 6) is 0. The first kappa shape index (κ1) is 23.1. The van der Waals surface area contributed by atoms with E-state index in [0.29, 0.717) is 11.4 Å². The van der Waals surface area contributed by atoms with E-state index < -0.39 is 0 Å². The van der Waals surface area contributed by atoms with Crippen LogP contribution in [-0.2, 0) is 18.6 Å². The van der Waals surface area contributed by atoms with E-state index in [-0.39, 0.29) is 65.5 Å². The molecule has 0 amide bonds. The van der Waals surface area contributed by atoms with Gasteiger partial charge in [0.25, 0.3) is 0 Å². The Morgan fingerprint density at radius 3 is 2.52 bits per heavy atom. The molecule has 0 spiro atoms. The minimum atomic E-state index is 0. The number of nitrogens with zero attached hydrogens (tertiary/aromatic N) is 4. The second kappa shape index (κ2) is 12.4. The summed E-state index contributed by atoms with van der Waals surface area (Å²) in [4.78, 5) is 9.76. The van der Waals surface area contributed by atoms with Crippen LogP contribution in [-0.4, -0.2) is 42.5 Å². The first-order valence-corrected chi connectivity index (χ1v) is 5.76. The van der Waals surface area contributed by atoms with Crippen LogP contribution in [0.25, 0.3) is 0 Å². The normalized spacial score (nSPS) is 11.1. The summed E-state index contributed by atoms with van der Waals surface area (Å²) in [5, 5.41) is 12.0. The zero-order valence-electron chi connectivity index (χ0n) is 12.3. The fourth-order valence-electron chi connectivity index (χ4n) is 1.37. The Balaban J connectivity index is 0. The van der Waals surface area contributed by atoms with Crippen molar-refractivity contribution in [2.75, 3.05) is 14.1 Å². The van der Waals surface area contributed by atoms with Crippen molar-refractivity contribution in [1.82, 2.24) is 4.90 Å². The van der Waals surface area contributed by atoms with Crippen molar-refractivity contribution < 1.29 is 70.7 Å². The van der Waals surface area contributed by atoms with Crippen LogP contribution in [0.15, 0.2) is 39.4 Å². The second-order valence-corrected chi connectivity index (χ2v) is 3.89. The first-order chi connectivity index (χ1) is 9.10. The summed E-state index contributed by atoms with van der Waals surface area (Å²) in [6.07, 6.45) is 5.68. The van der Waals surface area contributed by atoms with Crippen molar-refractivity contribution in [2.24, 2.45) is 15.1 Å². The van der Waals surface area contributed by atoms with E-state index in [1.54, 1.807) is 18.9 Å². The molecular formula is C14H17N4OVYb-. The molecule has 0 aromatic heterocycles. The van der Waals surface area contributed by atoms with Crippen molar-refractivity contribution in [3.8, 4) is 0 Å². The Morgan fingerprint density at radius 1 is 1.33 bits per heavy atom. The molecule has 0 aliphatic rings. The number of para-hydroxylation sites is 1. The van der Waals surface area contributed by atoms with Gasteiger partial charge in [0.05, 0.1) is 5.71 Å². The van der Waals surface area contributed by atoms with Gasteiger partial charge in [-0.1, -0.05) is 34.6 Å². The van der Waals surface area contributed by atoms with E-state index >= 15 is 0 Å². The predicted octanol–water partition coefficient (Wildman–Crippen LogP) is 2.48. The molecule has 0 unspecified atom stereocenters. The number of rotatable bonds is 5. The van der Waals surface area contributed by atoms with Gasteiger partial charge in [0.2, 0.25) is 0 Å². The Bertz CT molecular complexity index is 506. The van der Waals surface area contributed by atoms with Gasteiger partial charge in [-0.05, 0) is 21.0 Å². The summed E-state index contributed by atoms with van der Waals surface area (Å²) in [5.41, 5.74) is 1.95. The van der Waals surface area contributed by atoms with Gasteiger partial charge in [-0.15, -0.1) is 12.4 Å². The third kappa shape index (κ3) is 7.57. The van der Waals surface area contributed by atoms with Crippen LogP contribution in [0.1, 0.15) is 19.4 Å². The smallest absolute Gasteiger partial charge is 0.610 e. The van der Waals surface area contributed by atoms with Crippen LogP contribution in [0, 0.1) is 53.0 Å². The average Bonchev–Trinajstić information content (AvgIpc) is 2.44. The molecule has 1 aromatic rings. The average molecular weight is 481 g/mol. The SMILES string of the molecule is CN=[C-][C-](C)N(C)[C-]=Nc1ccccc1/C(C)=N/O.[V+2].[Yb]. The van der Waals surface area contributed by atoms with Gasteiger partial charge >= 0.3 is 18.6 Å². The molecule has 7 heteroatoms. The van der Waals surface area contributed by atoms with E-state index in [1.165, 1.54) is 0 Å². The molecule has 0 atom stereocenters. The second-order valence-electron chi connectivity index (χ2n) is 3.89. The van der Waals surface area contributed by atoms with E-state index in [0.717, 1.165) is 11.6 Å². The molecule has 0 heterocycles. The van der Waals surface area contributed by atoms with Gasteiger partial charge in [-0.3, -0.25) is 0 Å². The number of oxime groups is 1. The molecule has 1 N–H and O–H groups in total. The molecule has 0 bridgehead atoms. The first-order valence-electron chi connectivity index (χ1n) is 5.76. The Hall–Kier alpha value is -0.196. The van der Waals surface area contributed by atoms with Crippen molar-refractivity contribution in [3.63, 3.8) is 0 Å². The van der Waals surface area contributed by atoms with Gasteiger partial charge in [0.15, 0.2) is 0 Å². The van der Waals surface area contributed by atoms with Gasteiger partial charge < -0.3 is 32.3 Å². The van der Waals surface area contributed by atoms with Crippen LogP contribution < -0.4 is 0 Å².